The van der Waals surface area contributed by atoms with Crippen molar-refractivity contribution in [1.82, 2.24) is 20.4 Å². The molecule has 3 heterocycles. The molecule has 29 heavy (non-hydrogen) atoms. The molecule has 154 valence electrons. The molecule has 1 saturated carbocycles. The minimum Gasteiger partial charge on any atom is -0.335 e. The third-order valence-electron chi connectivity index (χ3n) is 6.52. The van der Waals surface area contributed by atoms with E-state index in [0.717, 1.165) is 31.5 Å². The highest BCUT2D eigenvalue weighted by atomic mass is 35.5. The molecule has 1 unspecified atom stereocenters. The molecule has 2 saturated heterocycles. The fourth-order valence-corrected chi connectivity index (χ4v) is 4.91. The fourth-order valence-electron chi connectivity index (χ4n) is 4.74. The van der Waals surface area contributed by atoms with Crippen LogP contribution in [0.4, 0.5) is 10.5 Å². The Morgan fingerprint density at radius 2 is 1.97 bits per heavy atom. The zero-order chi connectivity index (χ0) is 20.0. The second-order valence-electron chi connectivity index (χ2n) is 8.59. The molecule has 2 bridgehead atoms. The van der Waals surface area contributed by atoms with E-state index in [-0.39, 0.29) is 12.1 Å². The molecule has 1 aromatic heterocycles. The summed E-state index contributed by atoms with van der Waals surface area (Å²) in [6, 6.07) is 6.39. The Bertz CT molecular complexity index is 898. The maximum Gasteiger partial charge on any atom is 0.319 e. The fraction of sp³-hybridized carbons (Fsp3) is 0.571. The van der Waals surface area contributed by atoms with Crippen molar-refractivity contribution in [3.8, 4) is 11.5 Å². The van der Waals surface area contributed by atoms with Crippen molar-refractivity contribution >= 4 is 23.3 Å². The minimum atomic E-state index is -0.219. The first-order valence-corrected chi connectivity index (χ1v) is 10.9. The minimum absolute atomic E-state index is 0.189. The predicted molar refractivity (Wildman–Crippen MR) is 111 cm³/mol. The molecular formula is C21H26ClN5O2. The van der Waals surface area contributed by atoms with Gasteiger partial charge in [-0.2, -0.15) is 4.98 Å². The number of amides is 2. The van der Waals surface area contributed by atoms with Crippen LogP contribution in [0.1, 0.15) is 56.7 Å². The quantitative estimate of drug-likeness (QED) is 0.773. The number of nitrogens with zero attached hydrogens (tertiary/aromatic N) is 3. The smallest absolute Gasteiger partial charge is 0.319 e. The Morgan fingerprint density at radius 3 is 2.69 bits per heavy atom. The van der Waals surface area contributed by atoms with Gasteiger partial charge in [0.05, 0.1) is 11.3 Å². The molecule has 3 fully saturated rings. The van der Waals surface area contributed by atoms with Gasteiger partial charge < -0.3 is 20.1 Å². The average Bonchev–Trinajstić information content (AvgIpc) is 3.40. The topological polar surface area (TPSA) is 83.3 Å². The largest absolute Gasteiger partial charge is 0.335 e. The van der Waals surface area contributed by atoms with E-state index >= 15 is 0 Å². The number of fused-ring (bicyclic) bond motifs is 2. The summed E-state index contributed by atoms with van der Waals surface area (Å²) in [6.45, 7) is 0. The molecule has 0 spiro atoms. The monoisotopic (exact) mass is 415 g/mol. The van der Waals surface area contributed by atoms with Crippen LogP contribution in [0.2, 0.25) is 5.02 Å². The molecule has 3 aliphatic rings. The van der Waals surface area contributed by atoms with Gasteiger partial charge in [-0.15, -0.1) is 0 Å². The van der Waals surface area contributed by atoms with E-state index in [1.165, 1.54) is 19.3 Å². The van der Waals surface area contributed by atoms with Crippen molar-refractivity contribution in [2.75, 3.05) is 12.4 Å². The van der Waals surface area contributed by atoms with Crippen LogP contribution >= 0.6 is 11.6 Å². The maximum absolute atomic E-state index is 12.8. The van der Waals surface area contributed by atoms with E-state index in [1.54, 1.807) is 12.1 Å². The molecule has 2 N–H and O–H groups in total. The molecule has 0 radical (unpaired) electrons. The first-order valence-electron chi connectivity index (χ1n) is 10.5. The number of halogens is 1. The first kappa shape index (κ1) is 18.9. The lowest BCUT2D eigenvalue weighted by Crippen LogP contribution is -2.55. The molecule has 3 atom stereocenters. The molecule has 2 aromatic rings. The van der Waals surface area contributed by atoms with E-state index in [9.17, 15) is 4.79 Å². The normalized spacial score (nSPS) is 26.9. The van der Waals surface area contributed by atoms with Crippen molar-refractivity contribution < 1.29 is 9.32 Å². The van der Waals surface area contributed by atoms with E-state index in [1.807, 2.05) is 6.07 Å². The van der Waals surface area contributed by atoms with E-state index < -0.39 is 0 Å². The molecule has 2 amide bonds. The second-order valence-corrected chi connectivity index (χ2v) is 9.03. The number of hydrogen-bond donors (Lipinski definition) is 2. The third kappa shape index (κ3) is 3.98. The number of nitrogens with one attached hydrogen (secondary N) is 2. The summed E-state index contributed by atoms with van der Waals surface area (Å²) in [4.78, 5) is 19.7. The Morgan fingerprint density at radius 1 is 1.21 bits per heavy atom. The number of carbonyl (C=O) groups is 1. The van der Waals surface area contributed by atoms with Crippen LogP contribution < -0.4 is 10.6 Å². The summed E-state index contributed by atoms with van der Waals surface area (Å²) in [5.74, 6) is 1.55. The maximum atomic E-state index is 12.8. The SMILES string of the molecule is CN1[C@@H]2CCC[C@H]1CC(NC(=O)Nc1cc(Cl)ccc1-c1nc(C3CC3)no1)C2. The van der Waals surface area contributed by atoms with Gasteiger partial charge in [0.15, 0.2) is 5.82 Å². The molecular weight excluding hydrogens is 390 g/mol. The van der Waals surface area contributed by atoms with Crippen LogP contribution in [0, 0.1) is 0 Å². The number of hydrogen-bond acceptors (Lipinski definition) is 5. The molecule has 5 rings (SSSR count). The zero-order valence-electron chi connectivity index (χ0n) is 16.5. The van der Waals surface area contributed by atoms with Crippen molar-refractivity contribution in [3.05, 3.63) is 29.0 Å². The van der Waals surface area contributed by atoms with E-state index in [2.05, 4.69) is 32.7 Å². The molecule has 7 nitrogen and oxygen atoms in total. The summed E-state index contributed by atoms with van der Waals surface area (Å²) in [5, 5.41) is 10.7. The Labute approximate surface area is 175 Å². The van der Waals surface area contributed by atoms with Gasteiger partial charge in [-0.05, 0) is 63.8 Å². The van der Waals surface area contributed by atoms with Gasteiger partial charge in [-0.1, -0.05) is 23.2 Å². The van der Waals surface area contributed by atoms with Crippen LogP contribution in [0.25, 0.3) is 11.5 Å². The molecule has 2 aliphatic heterocycles. The van der Waals surface area contributed by atoms with Crippen molar-refractivity contribution in [3.63, 3.8) is 0 Å². The molecule has 8 heteroatoms. The molecule has 1 aromatic carbocycles. The number of piperidine rings is 2. The van der Waals surface area contributed by atoms with E-state index in [0.29, 0.717) is 40.2 Å². The van der Waals surface area contributed by atoms with Gasteiger partial charge >= 0.3 is 6.03 Å². The van der Waals surface area contributed by atoms with Crippen LogP contribution in [0.3, 0.4) is 0 Å². The highest BCUT2D eigenvalue weighted by molar-refractivity contribution is 6.31. The third-order valence-corrected chi connectivity index (χ3v) is 6.75. The van der Waals surface area contributed by atoms with E-state index in [4.69, 9.17) is 16.1 Å². The standard InChI is InChI=1S/C21H26ClN5O2/c1-27-15-3-2-4-16(27)11-14(10-15)23-21(28)24-18-9-13(22)7-8-17(18)20-25-19(26-29-20)12-5-6-12/h7-9,12,14-16H,2-6,10-11H2,1H3,(H2,23,24,28)/t14?,15-,16+. The second kappa shape index (κ2) is 7.61. The van der Waals surface area contributed by atoms with Crippen LogP contribution in [0.15, 0.2) is 22.7 Å². The van der Waals surface area contributed by atoms with Crippen LogP contribution in [-0.4, -0.2) is 46.2 Å². The summed E-state index contributed by atoms with van der Waals surface area (Å²) in [5.41, 5.74) is 1.26. The predicted octanol–water partition coefficient (Wildman–Crippen LogP) is 4.40. The summed E-state index contributed by atoms with van der Waals surface area (Å²) in [6.07, 6.45) is 7.92. The Kier molecular flexibility index (Phi) is 4.95. The van der Waals surface area contributed by atoms with Gasteiger partial charge in [-0.25, -0.2) is 4.79 Å². The van der Waals surface area contributed by atoms with Crippen molar-refractivity contribution in [2.24, 2.45) is 0 Å². The Balaban J connectivity index is 1.29. The van der Waals surface area contributed by atoms with Crippen molar-refractivity contribution in [1.29, 1.82) is 0 Å². The number of carbonyl (C=O) groups excluding carboxylic acids is 1. The van der Waals surface area contributed by atoms with Crippen LogP contribution in [-0.2, 0) is 0 Å². The van der Waals surface area contributed by atoms with Gasteiger partial charge in [0, 0.05) is 29.1 Å². The highest BCUT2D eigenvalue weighted by Crippen LogP contribution is 2.40. The van der Waals surface area contributed by atoms with Gasteiger partial charge in [-0.3, -0.25) is 0 Å². The first-order chi connectivity index (χ1) is 14.1. The lowest BCUT2D eigenvalue weighted by molar-refractivity contribution is 0.0513. The lowest BCUT2D eigenvalue weighted by atomic mass is 9.82. The van der Waals surface area contributed by atoms with Crippen LogP contribution in [0.5, 0.6) is 0 Å². The Hall–Kier alpha value is -2.12. The van der Waals surface area contributed by atoms with Gasteiger partial charge in [0.25, 0.3) is 5.89 Å². The lowest BCUT2D eigenvalue weighted by Gasteiger charge is -2.47. The van der Waals surface area contributed by atoms with Gasteiger partial charge in [0.1, 0.15) is 0 Å². The number of rotatable bonds is 4. The number of aromatic nitrogens is 2. The number of benzene rings is 1. The molecule has 1 aliphatic carbocycles. The number of anilines is 1. The number of urea groups is 1. The summed E-state index contributed by atoms with van der Waals surface area (Å²) >= 11 is 6.18. The van der Waals surface area contributed by atoms with Crippen molar-refractivity contribution in [2.45, 2.75) is 69.0 Å². The average molecular weight is 416 g/mol. The summed E-state index contributed by atoms with van der Waals surface area (Å²) < 4.78 is 5.44. The zero-order valence-corrected chi connectivity index (χ0v) is 17.3. The highest BCUT2D eigenvalue weighted by Gasteiger charge is 2.36. The summed E-state index contributed by atoms with van der Waals surface area (Å²) in [7, 11) is 2.21. The van der Waals surface area contributed by atoms with Gasteiger partial charge in [0.2, 0.25) is 0 Å².